The van der Waals surface area contributed by atoms with E-state index in [1.54, 1.807) is 7.11 Å². The number of H-pyrrole nitrogens is 1. The number of nitrogens with one attached hydrogen (secondary N) is 1. The van der Waals surface area contributed by atoms with E-state index < -0.39 is 5.41 Å². The van der Waals surface area contributed by atoms with Gasteiger partial charge in [0.15, 0.2) is 0 Å². The van der Waals surface area contributed by atoms with E-state index in [0.717, 1.165) is 61.8 Å². The fourth-order valence-electron chi connectivity index (χ4n) is 6.74. The van der Waals surface area contributed by atoms with Gasteiger partial charge in [-0.1, -0.05) is 18.2 Å². The van der Waals surface area contributed by atoms with Gasteiger partial charge in [-0.25, -0.2) is 0 Å². The molecule has 2 bridgehead atoms. The zero-order valence-corrected chi connectivity index (χ0v) is 19.8. The summed E-state index contributed by atoms with van der Waals surface area (Å²) in [5.41, 5.74) is 3.09. The minimum Gasteiger partial charge on any atom is -0.497 e. The molecule has 6 nitrogen and oxygen atoms in total. The normalized spacial score (nSPS) is 26.0. The molecule has 178 valence electrons. The van der Waals surface area contributed by atoms with Crippen molar-refractivity contribution in [2.45, 2.75) is 62.4 Å². The molecule has 0 spiro atoms. The smallest absolute Gasteiger partial charge is 0.233 e. The summed E-state index contributed by atoms with van der Waals surface area (Å²) in [4.78, 5) is 16.6. The number of nitrogens with zero attached hydrogens (tertiary/aromatic N) is 2. The quantitative estimate of drug-likeness (QED) is 0.604. The molecule has 6 rings (SSSR count). The zero-order valence-electron chi connectivity index (χ0n) is 19.8. The van der Waals surface area contributed by atoms with Crippen LogP contribution in [0.15, 0.2) is 48.7 Å². The summed E-state index contributed by atoms with van der Waals surface area (Å²) in [5.74, 6) is 1.78. The van der Waals surface area contributed by atoms with Gasteiger partial charge in [0.2, 0.25) is 5.91 Å². The van der Waals surface area contributed by atoms with Crippen LogP contribution in [0.1, 0.15) is 49.7 Å². The first-order valence-electron chi connectivity index (χ1n) is 12.6. The van der Waals surface area contributed by atoms with Crippen LogP contribution < -0.4 is 4.74 Å². The van der Waals surface area contributed by atoms with E-state index in [0.29, 0.717) is 37.1 Å². The molecule has 3 aromatic rings. The highest BCUT2D eigenvalue weighted by atomic mass is 16.5. The number of amides is 1. The number of aromatic amines is 1. The number of hydrogen-bond donors (Lipinski definition) is 1. The maximum absolute atomic E-state index is 14.3. The van der Waals surface area contributed by atoms with E-state index in [1.165, 1.54) is 10.9 Å². The van der Waals surface area contributed by atoms with Gasteiger partial charge in [-0.3, -0.25) is 9.89 Å². The Bertz CT molecular complexity index is 1150. The van der Waals surface area contributed by atoms with E-state index in [-0.39, 0.29) is 0 Å². The Balaban J connectivity index is 1.22. The van der Waals surface area contributed by atoms with Crippen molar-refractivity contribution >= 4 is 16.8 Å². The molecule has 0 saturated carbocycles. The van der Waals surface area contributed by atoms with Crippen LogP contribution in [-0.4, -0.2) is 53.4 Å². The van der Waals surface area contributed by atoms with Crippen molar-refractivity contribution in [2.75, 3.05) is 20.3 Å². The lowest BCUT2D eigenvalue weighted by Gasteiger charge is -2.46. The first kappa shape index (κ1) is 21.7. The molecule has 34 heavy (non-hydrogen) atoms. The van der Waals surface area contributed by atoms with Crippen molar-refractivity contribution in [3.8, 4) is 5.75 Å². The lowest BCUT2D eigenvalue weighted by atomic mass is 9.72. The van der Waals surface area contributed by atoms with Gasteiger partial charge in [0, 0.05) is 30.7 Å². The van der Waals surface area contributed by atoms with Crippen molar-refractivity contribution < 1.29 is 14.3 Å². The number of rotatable bonds is 5. The number of carbonyl (C=O) groups excluding carboxylic acids is 1. The molecule has 1 amide bonds. The number of hydrogen-bond acceptors (Lipinski definition) is 4. The summed E-state index contributed by atoms with van der Waals surface area (Å²) in [5, 5.41) is 8.37. The lowest BCUT2D eigenvalue weighted by Crippen LogP contribution is -2.56. The summed E-state index contributed by atoms with van der Waals surface area (Å²) in [6.07, 6.45) is 8.93. The minimum atomic E-state index is -0.482. The van der Waals surface area contributed by atoms with Crippen molar-refractivity contribution in [1.29, 1.82) is 0 Å². The molecule has 4 heterocycles. The van der Waals surface area contributed by atoms with Gasteiger partial charge in [0.1, 0.15) is 5.75 Å². The third-order valence-electron chi connectivity index (χ3n) is 8.49. The first-order valence-corrected chi connectivity index (χ1v) is 12.6. The molecule has 3 fully saturated rings. The second-order valence-electron chi connectivity index (χ2n) is 10.4. The van der Waals surface area contributed by atoms with Gasteiger partial charge in [-0.05, 0) is 86.3 Å². The van der Waals surface area contributed by atoms with Crippen LogP contribution in [0.5, 0.6) is 5.75 Å². The van der Waals surface area contributed by atoms with E-state index in [2.05, 4.69) is 45.4 Å². The molecule has 2 aromatic carbocycles. The standard InChI is InChI=1S/C28H33N3O3/c1-33-25-7-3-22(4-8-25)28(10-12-34-13-11-28)27(32)31-23-5-6-24(31)17-20(16-23)14-19-2-9-26-21(15-19)18-29-30-26/h2-4,7-9,15,18,20,23-24H,5-6,10-14,16-17H2,1H3,(H,29,30). The summed E-state index contributed by atoms with van der Waals surface area (Å²) >= 11 is 0. The third kappa shape index (κ3) is 3.68. The van der Waals surface area contributed by atoms with Gasteiger partial charge in [0.05, 0.1) is 24.2 Å². The number of methoxy groups -OCH3 is 1. The van der Waals surface area contributed by atoms with Crippen LogP contribution in [0, 0.1) is 5.92 Å². The molecule has 0 aliphatic carbocycles. The molecule has 3 aliphatic heterocycles. The van der Waals surface area contributed by atoms with Gasteiger partial charge in [-0.2, -0.15) is 5.10 Å². The molecule has 3 saturated heterocycles. The number of benzene rings is 2. The second kappa shape index (κ2) is 8.73. The second-order valence-corrected chi connectivity index (χ2v) is 10.4. The third-order valence-corrected chi connectivity index (χ3v) is 8.49. The van der Waals surface area contributed by atoms with E-state index in [1.807, 2.05) is 18.3 Å². The number of ether oxygens (including phenoxy) is 2. The van der Waals surface area contributed by atoms with Crippen molar-refractivity contribution in [3.05, 3.63) is 59.8 Å². The van der Waals surface area contributed by atoms with Crippen LogP contribution in [0.4, 0.5) is 0 Å². The van der Waals surface area contributed by atoms with Crippen molar-refractivity contribution in [1.82, 2.24) is 15.1 Å². The first-order chi connectivity index (χ1) is 16.7. The average Bonchev–Trinajstić information content (AvgIpc) is 3.45. The number of fused-ring (bicyclic) bond motifs is 3. The fourth-order valence-corrected chi connectivity index (χ4v) is 6.74. The molecule has 0 radical (unpaired) electrons. The monoisotopic (exact) mass is 459 g/mol. The van der Waals surface area contributed by atoms with Gasteiger partial charge < -0.3 is 14.4 Å². The van der Waals surface area contributed by atoms with Gasteiger partial charge in [0.25, 0.3) is 0 Å². The molecular formula is C28H33N3O3. The predicted octanol–water partition coefficient (Wildman–Crippen LogP) is 4.63. The maximum Gasteiger partial charge on any atom is 0.233 e. The zero-order chi connectivity index (χ0) is 23.1. The Morgan fingerprint density at radius 1 is 1.12 bits per heavy atom. The van der Waals surface area contributed by atoms with E-state index in [9.17, 15) is 4.79 Å². The van der Waals surface area contributed by atoms with Crippen molar-refractivity contribution in [3.63, 3.8) is 0 Å². The highest BCUT2D eigenvalue weighted by Gasteiger charge is 2.51. The summed E-state index contributed by atoms with van der Waals surface area (Å²) in [7, 11) is 1.68. The summed E-state index contributed by atoms with van der Waals surface area (Å²) in [6.45, 7) is 1.28. The topological polar surface area (TPSA) is 67.5 Å². The SMILES string of the molecule is COc1ccc(C2(C(=O)N3C4CCC3CC(Cc3ccc5[nH]ncc5c3)C4)CCOCC2)cc1. The average molecular weight is 460 g/mol. The highest BCUT2D eigenvalue weighted by Crippen LogP contribution is 2.45. The number of piperidine rings is 1. The number of carbonyl (C=O) groups is 1. The van der Waals surface area contributed by atoms with Gasteiger partial charge >= 0.3 is 0 Å². The Morgan fingerprint density at radius 2 is 1.85 bits per heavy atom. The Hall–Kier alpha value is -2.86. The Kier molecular flexibility index (Phi) is 5.56. The van der Waals surface area contributed by atoms with Gasteiger partial charge in [-0.15, -0.1) is 0 Å². The summed E-state index contributed by atoms with van der Waals surface area (Å²) < 4.78 is 11.1. The molecule has 2 atom stereocenters. The van der Waals surface area contributed by atoms with Crippen LogP contribution in [0.3, 0.4) is 0 Å². The van der Waals surface area contributed by atoms with E-state index >= 15 is 0 Å². The Labute approximate surface area is 200 Å². The molecule has 6 heteroatoms. The Morgan fingerprint density at radius 3 is 2.56 bits per heavy atom. The fraction of sp³-hybridized carbons (Fsp3) is 0.500. The number of aromatic nitrogens is 2. The molecular weight excluding hydrogens is 426 g/mol. The van der Waals surface area contributed by atoms with Crippen LogP contribution in [0.2, 0.25) is 0 Å². The molecule has 1 aromatic heterocycles. The molecule has 3 aliphatic rings. The highest BCUT2D eigenvalue weighted by molar-refractivity contribution is 5.89. The maximum atomic E-state index is 14.3. The summed E-state index contributed by atoms with van der Waals surface area (Å²) in [6, 6.07) is 15.5. The van der Waals surface area contributed by atoms with Crippen LogP contribution in [-0.2, 0) is 21.4 Å². The minimum absolute atomic E-state index is 0.326. The van der Waals surface area contributed by atoms with Crippen LogP contribution in [0.25, 0.3) is 10.9 Å². The predicted molar refractivity (Wildman–Crippen MR) is 131 cm³/mol. The largest absolute Gasteiger partial charge is 0.497 e. The van der Waals surface area contributed by atoms with E-state index in [4.69, 9.17) is 9.47 Å². The molecule has 1 N–H and O–H groups in total. The van der Waals surface area contributed by atoms with Crippen LogP contribution >= 0.6 is 0 Å². The molecule has 2 unspecified atom stereocenters. The lowest BCUT2D eigenvalue weighted by molar-refractivity contribution is -0.146. The van der Waals surface area contributed by atoms with Crippen molar-refractivity contribution in [2.24, 2.45) is 5.92 Å².